The van der Waals surface area contributed by atoms with Crippen LogP contribution in [0.3, 0.4) is 0 Å². The van der Waals surface area contributed by atoms with Gasteiger partial charge in [0.1, 0.15) is 0 Å². The van der Waals surface area contributed by atoms with Crippen LogP contribution in [0.1, 0.15) is 117 Å². The van der Waals surface area contributed by atoms with E-state index in [1.165, 1.54) is 54.7 Å². The van der Waals surface area contributed by atoms with Crippen LogP contribution in [0.25, 0.3) is 0 Å². The number of hydrogen-bond acceptors (Lipinski definition) is 9. The fourth-order valence-electron chi connectivity index (χ4n) is 8.71. The standard InChI is InChI=1S/C48H62N2O3S2.O3S/c1-9-10-32-49-41-22-13-11-20-39(41)47(5,6)43(49)30-24-35-18-17-19-36(45(35)54-38-28-26-37(27-29-38)46(2,3)4)25-31-44-48(7,8)40-21-12-14-23-42(40)50(44)33-15-16-34-55(51,52)53;1-4(2)3/h11-14,20-31,44H,9-10,15-19,32-34H2,1-8H3,(H,51,52,53);/p-1/b31-25+,35-24+,43-30+;. The maximum Gasteiger partial charge on any atom is 0.425 e. The summed E-state index contributed by atoms with van der Waals surface area (Å²) >= 11 is 1.89. The molecule has 0 fully saturated rings. The summed E-state index contributed by atoms with van der Waals surface area (Å²) < 4.78 is 59.5. The summed E-state index contributed by atoms with van der Waals surface area (Å²) in [4.78, 5) is 7.58. The second-order valence-electron chi connectivity index (χ2n) is 17.9. The molecule has 3 aromatic carbocycles. The van der Waals surface area contributed by atoms with Gasteiger partial charge in [0.15, 0.2) is 0 Å². The number of rotatable bonds is 13. The Morgan fingerprint density at radius 3 is 2.08 bits per heavy atom. The fourth-order valence-corrected chi connectivity index (χ4v) is 10.4. The fraction of sp³-hybridized carbons (Fsp3) is 0.458. The van der Waals surface area contributed by atoms with Crippen LogP contribution in [-0.2, 0) is 37.0 Å². The van der Waals surface area contributed by atoms with E-state index in [-0.39, 0.29) is 28.0 Å². The summed E-state index contributed by atoms with van der Waals surface area (Å²) in [6, 6.07) is 26.7. The summed E-state index contributed by atoms with van der Waals surface area (Å²) in [6.07, 6.45) is 16.1. The van der Waals surface area contributed by atoms with Gasteiger partial charge in [-0.05, 0) is 102 Å². The normalized spacial score (nSPS) is 19.9. The maximum absolute atomic E-state index is 11.4. The number of thioether (sulfide) groups is 1. The Morgan fingerprint density at radius 2 is 1.46 bits per heavy atom. The number of unbranched alkanes of at least 4 members (excludes halogenated alkanes) is 2. The lowest BCUT2D eigenvalue weighted by atomic mass is 9.80. The van der Waals surface area contributed by atoms with E-state index in [9.17, 15) is 13.0 Å². The van der Waals surface area contributed by atoms with Crippen LogP contribution in [0.4, 0.5) is 11.4 Å². The molecule has 11 heteroatoms. The number of hydrogen-bond donors (Lipinski definition) is 0. The molecule has 0 aromatic heterocycles. The molecule has 0 saturated carbocycles. The predicted octanol–water partition coefficient (Wildman–Crippen LogP) is 11.0. The van der Waals surface area contributed by atoms with Crippen molar-refractivity contribution in [1.82, 2.24) is 0 Å². The van der Waals surface area contributed by atoms with Gasteiger partial charge in [-0.1, -0.05) is 140 Å². The third-order valence-electron chi connectivity index (χ3n) is 11.9. The average Bonchev–Trinajstić information content (AvgIpc) is 3.51. The zero-order chi connectivity index (χ0) is 43.2. The van der Waals surface area contributed by atoms with E-state index < -0.39 is 20.7 Å². The SMILES string of the molecule is CCCCN1/C(=C/C=C2\CCCC(/C=C/C3N(CCCCS(=O)(=O)[O-])c4ccccc4C3(C)C)=C2Sc2ccc(C(C)(C)C)cc2)C(C)(C)c2ccccc21.O=S(=O)=O. The van der Waals surface area contributed by atoms with Gasteiger partial charge in [-0.3, -0.25) is 0 Å². The number of anilines is 2. The summed E-state index contributed by atoms with van der Waals surface area (Å²) in [6.45, 7) is 20.1. The predicted molar refractivity (Wildman–Crippen MR) is 243 cm³/mol. The molecule has 1 atom stereocenters. The molecule has 0 bridgehead atoms. The maximum atomic E-state index is 11.4. The van der Waals surface area contributed by atoms with Crippen molar-refractivity contribution in [3.8, 4) is 0 Å². The molecule has 1 aliphatic carbocycles. The van der Waals surface area contributed by atoms with Crippen LogP contribution < -0.4 is 9.80 Å². The van der Waals surface area contributed by atoms with Crippen LogP contribution in [-0.4, -0.2) is 50.5 Å². The zero-order valence-electron chi connectivity index (χ0n) is 36.0. The smallest absolute Gasteiger partial charge is 0.425 e. The average molecular weight is 858 g/mol. The van der Waals surface area contributed by atoms with Gasteiger partial charge in [0.2, 0.25) is 0 Å². The van der Waals surface area contributed by atoms with E-state index >= 15 is 0 Å². The molecule has 0 spiro atoms. The Labute approximate surface area is 359 Å². The zero-order valence-corrected chi connectivity index (χ0v) is 38.4. The monoisotopic (exact) mass is 857 g/mol. The second kappa shape index (κ2) is 19.2. The van der Waals surface area contributed by atoms with Gasteiger partial charge in [0.25, 0.3) is 0 Å². The van der Waals surface area contributed by atoms with Crippen LogP contribution in [0.15, 0.2) is 124 Å². The molecule has 8 nitrogen and oxygen atoms in total. The summed E-state index contributed by atoms with van der Waals surface area (Å²) in [5.41, 5.74) is 10.5. The third-order valence-corrected chi connectivity index (χ3v) is 13.9. The minimum Gasteiger partial charge on any atom is -0.748 e. The molecule has 318 valence electrons. The molecule has 2 heterocycles. The van der Waals surface area contributed by atoms with Gasteiger partial charge in [0, 0.05) is 56.5 Å². The van der Waals surface area contributed by atoms with Crippen molar-refractivity contribution in [1.29, 1.82) is 0 Å². The van der Waals surface area contributed by atoms with Crippen molar-refractivity contribution in [3.05, 3.63) is 136 Å². The van der Waals surface area contributed by atoms with E-state index in [1.807, 2.05) is 11.8 Å². The topological polar surface area (TPSA) is 115 Å². The van der Waals surface area contributed by atoms with Crippen molar-refractivity contribution in [2.24, 2.45) is 0 Å². The van der Waals surface area contributed by atoms with Crippen LogP contribution >= 0.6 is 11.8 Å². The van der Waals surface area contributed by atoms with E-state index in [4.69, 9.17) is 12.6 Å². The first kappa shape index (κ1) is 46.2. The lowest BCUT2D eigenvalue weighted by molar-refractivity contribution is 0.456. The number of allylic oxidation sites excluding steroid dienone is 6. The molecule has 2 aliphatic heterocycles. The van der Waals surface area contributed by atoms with Gasteiger partial charge in [-0.25, -0.2) is 8.42 Å². The Hall–Kier alpha value is -3.90. The molecular formula is C48H61N2O6S3-. The Morgan fingerprint density at radius 1 is 0.831 bits per heavy atom. The lowest BCUT2D eigenvalue weighted by Gasteiger charge is -2.33. The van der Waals surface area contributed by atoms with Crippen LogP contribution in [0, 0.1) is 0 Å². The molecule has 59 heavy (non-hydrogen) atoms. The van der Waals surface area contributed by atoms with Gasteiger partial charge >= 0.3 is 10.6 Å². The molecule has 3 aliphatic rings. The Kier molecular flexibility index (Phi) is 15.0. The largest absolute Gasteiger partial charge is 0.748 e. The lowest BCUT2D eigenvalue weighted by Crippen LogP contribution is -2.40. The summed E-state index contributed by atoms with van der Waals surface area (Å²) in [5, 5.41) is 0. The van der Waals surface area contributed by atoms with Crippen molar-refractivity contribution < 1.29 is 25.6 Å². The Balaban J connectivity index is 0.00000158. The highest BCUT2D eigenvalue weighted by Gasteiger charge is 2.43. The van der Waals surface area contributed by atoms with E-state index in [2.05, 4.69) is 162 Å². The van der Waals surface area contributed by atoms with E-state index in [1.54, 1.807) is 0 Å². The summed E-state index contributed by atoms with van der Waals surface area (Å²) in [5.74, 6) is -0.318. The molecular weight excluding hydrogens is 797 g/mol. The Bertz CT molecular complexity index is 2310. The minimum atomic E-state index is -4.23. The number of benzene rings is 3. The van der Waals surface area contributed by atoms with Gasteiger partial charge < -0.3 is 14.4 Å². The van der Waals surface area contributed by atoms with Crippen molar-refractivity contribution in [2.75, 3.05) is 28.6 Å². The highest BCUT2D eigenvalue weighted by atomic mass is 32.2. The first-order chi connectivity index (χ1) is 27.8. The highest BCUT2D eigenvalue weighted by Crippen LogP contribution is 2.49. The van der Waals surface area contributed by atoms with Gasteiger partial charge in [-0.15, -0.1) is 12.6 Å². The first-order valence-electron chi connectivity index (χ1n) is 20.8. The van der Waals surface area contributed by atoms with Crippen molar-refractivity contribution in [2.45, 2.75) is 128 Å². The van der Waals surface area contributed by atoms with Crippen molar-refractivity contribution >= 4 is 43.9 Å². The van der Waals surface area contributed by atoms with E-state index in [0.717, 1.165) is 38.6 Å². The third kappa shape index (κ3) is 11.3. The number of para-hydroxylation sites is 2. The van der Waals surface area contributed by atoms with E-state index in [0.29, 0.717) is 19.4 Å². The van der Waals surface area contributed by atoms with Crippen LogP contribution in [0.2, 0.25) is 0 Å². The molecule has 0 N–H and O–H groups in total. The van der Waals surface area contributed by atoms with Gasteiger partial charge in [-0.2, -0.15) is 0 Å². The highest BCUT2D eigenvalue weighted by molar-refractivity contribution is 8.03. The second-order valence-corrected chi connectivity index (χ2v) is 20.9. The van der Waals surface area contributed by atoms with Crippen LogP contribution in [0.5, 0.6) is 0 Å². The summed E-state index contributed by atoms with van der Waals surface area (Å²) in [7, 11) is -7.34. The van der Waals surface area contributed by atoms with Crippen molar-refractivity contribution in [3.63, 3.8) is 0 Å². The minimum absolute atomic E-state index is 0.0833. The molecule has 0 amide bonds. The molecule has 3 aromatic rings. The molecule has 6 rings (SSSR count). The quantitative estimate of drug-likeness (QED) is 0.122. The van der Waals surface area contributed by atoms with Gasteiger partial charge in [0.05, 0.1) is 16.2 Å². The molecule has 0 radical (unpaired) electrons. The first-order valence-corrected chi connectivity index (χ1v) is 24.2. The molecule has 1 unspecified atom stereocenters. The number of fused-ring (bicyclic) bond motifs is 2. The molecule has 0 saturated heterocycles. The number of nitrogens with zero attached hydrogens (tertiary/aromatic N) is 2.